The molecule has 13 nitrogen and oxygen atoms in total. The molecule has 0 radical (unpaired) electrons. The van der Waals surface area contributed by atoms with E-state index in [9.17, 15) is 24.1 Å². The van der Waals surface area contributed by atoms with Gasteiger partial charge in [0, 0.05) is 12.6 Å². The minimum absolute atomic E-state index is 0.115. The fourth-order valence-corrected chi connectivity index (χ4v) is 6.56. The summed E-state index contributed by atoms with van der Waals surface area (Å²) < 4.78 is 66.2. The largest absolute Gasteiger partial charge is 0.462 e. The Morgan fingerprint density at radius 2 is 1.98 bits per heavy atom. The quantitative estimate of drug-likeness (QED) is 0.156. The molecule has 3 N–H and O–H groups in total. The second kappa shape index (κ2) is 16.8. The molecule has 0 spiro atoms. The van der Waals surface area contributed by atoms with Gasteiger partial charge in [0.25, 0.3) is 0 Å². The molecule has 1 aromatic heterocycles. The number of hydrogen-bond acceptors (Lipinski definition) is 10. The Labute approximate surface area is 267 Å². The minimum atomic E-state index is -4.39. The minimum Gasteiger partial charge on any atom is -0.462 e. The van der Waals surface area contributed by atoms with Crippen molar-refractivity contribution in [2.24, 2.45) is 5.92 Å². The van der Waals surface area contributed by atoms with Crippen LogP contribution in [0, 0.1) is 5.92 Å². The fraction of sp³-hybridized carbons (Fsp3) is 0.667. The number of esters is 1. The fourth-order valence-electron chi connectivity index (χ4n) is 4.93. The number of aliphatic hydroxyl groups excluding tert-OH is 1. The molecule has 1 aliphatic heterocycles. The van der Waals surface area contributed by atoms with Crippen molar-refractivity contribution in [3.05, 3.63) is 47.1 Å². The molecule has 2 heterocycles. The topological polar surface area (TPSA) is 167 Å². The van der Waals surface area contributed by atoms with Gasteiger partial charge < -0.3 is 19.9 Å². The molecular formula is C30H45F2N4O9P. The number of carbonyl (C=O) groups is 2. The zero-order valence-electron chi connectivity index (χ0n) is 26.8. The van der Waals surface area contributed by atoms with Crippen molar-refractivity contribution in [1.29, 1.82) is 0 Å². The molecule has 1 saturated heterocycles. The summed E-state index contributed by atoms with van der Waals surface area (Å²) in [5.74, 6) is -4.75. The number of allylic oxidation sites excluding steroid dienone is 2. The molecule has 2 aliphatic rings. The first kappa shape index (κ1) is 37.6. The number of aliphatic hydroxyl groups is 1. The number of halogens is 2. The zero-order valence-corrected chi connectivity index (χ0v) is 27.7. The highest BCUT2D eigenvalue weighted by Gasteiger charge is 2.60. The van der Waals surface area contributed by atoms with Crippen LogP contribution in [0.3, 0.4) is 0 Å². The maximum Gasteiger partial charge on any atom is 0.406 e. The molecule has 7 atom stereocenters. The number of nitrogens with zero attached hydrogens (tertiary/aromatic N) is 2. The molecule has 1 fully saturated rings. The summed E-state index contributed by atoms with van der Waals surface area (Å²) in [6.45, 7) is 7.98. The van der Waals surface area contributed by atoms with Crippen molar-refractivity contribution < 1.29 is 46.6 Å². The molecule has 1 aliphatic carbocycles. The molecule has 0 bridgehead atoms. The van der Waals surface area contributed by atoms with Crippen molar-refractivity contribution in [2.45, 2.75) is 116 Å². The Morgan fingerprint density at radius 3 is 2.61 bits per heavy atom. The van der Waals surface area contributed by atoms with Crippen molar-refractivity contribution in [3.8, 4) is 0 Å². The predicted octanol–water partition coefficient (Wildman–Crippen LogP) is 4.64. The summed E-state index contributed by atoms with van der Waals surface area (Å²) in [5, 5.41) is 15.4. The molecule has 16 heteroatoms. The van der Waals surface area contributed by atoms with Crippen LogP contribution >= 0.6 is 7.75 Å². The van der Waals surface area contributed by atoms with Crippen LogP contribution in [0.4, 0.5) is 14.6 Å². The smallest absolute Gasteiger partial charge is 0.406 e. The second-order valence-corrected chi connectivity index (χ2v) is 13.5. The monoisotopic (exact) mass is 674 g/mol. The van der Waals surface area contributed by atoms with E-state index in [2.05, 4.69) is 29.2 Å². The lowest BCUT2D eigenvalue weighted by molar-refractivity contribution is -0.149. The SMILES string of the molecule is CCCC(C)CCCC(=O)Nc1ccn(C2OC(COP(=O)(NC(C)C(=O)OC(C)C)OC3C=CC=CC3)C(O)C2(F)F)c(=O)n1. The van der Waals surface area contributed by atoms with Gasteiger partial charge in [-0.1, -0.05) is 57.4 Å². The number of carbonyl (C=O) groups excluding carboxylic acids is 2. The molecule has 0 aromatic carbocycles. The lowest BCUT2D eigenvalue weighted by atomic mass is 9.99. The lowest BCUT2D eigenvalue weighted by Crippen LogP contribution is -2.42. The van der Waals surface area contributed by atoms with Crippen LogP contribution < -0.4 is 16.1 Å². The summed E-state index contributed by atoms with van der Waals surface area (Å²) in [6.07, 6.45) is 4.17. The van der Waals surface area contributed by atoms with Crippen LogP contribution in [0.5, 0.6) is 0 Å². The van der Waals surface area contributed by atoms with Gasteiger partial charge in [-0.2, -0.15) is 13.8 Å². The van der Waals surface area contributed by atoms with Crippen LogP contribution in [-0.4, -0.2) is 69.5 Å². The number of anilines is 1. The highest BCUT2D eigenvalue weighted by Crippen LogP contribution is 2.49. The molecular weight excluding hydrogens is 629 g/mol. The molecule has 258 valence electrons. The number of aromatic nitrogens is 2. The van der Waals surface area contributed by atoms with Gasteiger partial charge in [0.15, 0.2) is 6.10 Å². The van der Waals surface area contributed by atoms with Crippen molar-refractivity contribution >= 4 is 25.4 Å². The Hall–Kier alpha value is -2.81. The molecule has 1 amide bonds. The van der Waals surface area contributed by atoms with Crippen molar-refractivity contribution in [1.82, 2.24) is 14.6 Å². The van der Waals surface area contributed by atoms with E-state index in [0.717, 1.165) is 25.5 Å². The van der Waals surface area contributed by atoms with E-state index in [4.69, 9.17) is 18.5 Å². The maximum atomic E-state index is 15.2. The molecule has 7 unspecified atom stereocenters. The molecule has 3 rings (SSSR count). The van der Waals surface area contributed by atoms with Gasteiger partial charge in [0.1, 0.15) is 18.0 Å². The zero-order chi connectivity index (χ0) is 34.1. The van der Waals surface area contributed by atoms with E-state index in [1.165, 1.54) is 13.0 Å². The Balaban J connectivity index is 1.68. The number of alkyl halides is 2. The number of hydrogen-bond donors (Lipinski definition) is 3. The normalized spacial score (nSPS) is 24.8. The van der Waals surface area contributed by atoms with E-state index in [1.807, 2.05) is 0 Å². The van der Waals surface area contributed by atoms with Crippen LogP contribution in [0.2, 0.25) is 0 Å². The standard InChI is InChI=1S/C30H45F2N4O9P/c1-6-11-20(4)12-10-15-25(37)33-24-16-17-36(29(40)34-24)28-30(31,32)26(38)23(44-28)18-42-46(41,45-22-13-8-7-9-14-22)35-21(5)27(39)43-19(2)3/h7-9,13,16-17,19-23,26,28,38H,6,10-12,14-15,18H2,1-5H3,(H,35,41)(H,33,34,37,40). The highest BCUT2D eigenvalue weighted by molar-refractivity contribution is 7.51. The average Bonchev–Trinajstić information content (AvgIpc) is 3.20. The Morgan fingerprint density at radius 1 is 1.24 bits per heavy atom. The van der Waals surface area contributed by atoms with Gasteiger partial charge in [-0.05, 0) is 45.6 Å². The summed E-state index contributed by atoms with van der Waals surface area (Å²) in [4.78, 5) is 41.1. The maximum absolute atomic E-state index is 15.2. The van der Waals surface area contributed by atoms with E-state index in [-0.39, 0.29) is 18.1 Å². The van der Waals surface area contributed by atoms with Crippen molar-refractivity contribution in [3.63, 3.8) is 0 Å². The third kappa shape index (κ3) is 10.6. The first-order valence-electron chi connectivity index (χ1n) is 15.5. The number of amides is 1. The number of nitrogens with one attached hydrogen (secondary N) is 2. The Bertz CT molecular complexity index is 1360. The summed E-state index contributed by atoms with van der Waals surface area (Å²) in [6, 6.07) is -0.00192. The number of rotatable bonds is 17. The third-order valence-corrected chi connectivity index (χ3v) is 9.03. The first-order chi connectivity index (χ1) is 21.6. The third-order valence-electron chi connectivity index (χ3n) is 7.29. The van der Waals surface area contributed by atoms with Gasteiger partial charge >= 0.3 is 25.3 Å². The second-order valence-electron chi connectivity index (χ2n) is 11.8. The Kier molecular flexibility index (Phi) is 13.8. The molecule has 1 aromatic rings. The van der Waals surface area contributed by atoms with Gasteiger partial charge in [-0.25, -0.2) is 14.4 Å². The predicted molar refractivity (Wildman–Crippen MR) is 165 cm³/mol. The summed E-state index contributed by atoms with van der Waals surface area (Å²) in [7, 11) is -4.39. The van der Waals surface area contributed by atoms with E-state index < -0.39 is 68.6 Å². The number of ether oxygens (including phenoxy) is 2. The van der Waals surface area contributed by atoms with Crippen LogP contribution in [0.25, 0.3) is 0 Å². The van der Waals surface area contributed by atoms with Crippen LogP contribution in [-0.2, 0) is 32.7 Å². The van der Waals surface area contributed by atoms with Crippen LogP contribution in [0.15, 0.2) is 41.4 Å². The lowest BCUT2D eigenvalue weighted by Gasteiger charge is -2.27. The van der Waals surface area contributed by atoms with Crippen molar-refractivity contribution in [2.75, 3.05) is 11.9 Å². The summed E-state index contributed by atoms with van der Waals surface area (Å²) in [5.41, 5.74) is -1.15. The molecule has 0 saturated carbocycles. The van der Waals surface area contributed by atoms with Gasteiger partial charge in [0.2, 0.25) is 12.1 Å². The van der Waals surface area contributed by atoms with E-state index >= 15 is 8.78 Å². The summed E-state index contributed by atoms with van der Waals surface area (Å²) >= 11 is 0. The van der Waals surface area contributed by atoms with Gasteiger partial charge in [-0.15, -0.1) is 0 Å². The molecule has 46 heavy (non-hydrogen) atoms. The first-order valence-corrected chi connectivity index (χ1v) is 17.0. The van der Waals surface area contributed by atoms with E-state index in [1.54, 1.807) is 38.2 Å². The highest BCUT2D eigenvalue weighted by atomic mass is 31.2. The van der Waals surface area contributed by atoms with E-state index in [0.29, 0.717) is 23.3 Å². The van der Waals surface area contributed by atoms with Gasteiger partial charge in [0.05, 0.1) is 18.8 Å². The van der Waals surface area contributed by atoms with Gasteiger partial charge in [-0.3, -0.25) is 23.2 Å². The van der Waals surface area contributed by atoms with Crippen LogP contribution in [0.1, 0.15) is 79.4 Å². The average molecular weight is 675 g/mol.